The SMILES string of the molecule is CC(c1ccccc1)N1CCC(N(C)C(=O)Cn2cnnn2)CC1. The van der Waals surface area contributed by atoms with Crippen LogP contribution in [0.4, 0.5) is 0 Å². The summed E-state index contributed by atoms with van der Waals surface area (Å²) in [6.45, 7) is 4.46. The second kappa shape index (κ2) is 7.53. The van der Waals surface area contributed by atoms with Crippen molar-refractivity contribution in [2.45, 2.75) is 38.4 Å². The number of hydrogen-bond acceptors (Lipinski definition) is 5. The molecule has 2 heterocycles. The summed E-state index contributed by atoms with van der Waals surface area (Å²) in [6, 6.07) is 11.3. The summed E-state index contributed by atoms with van der Waals surface area (Å²) in [5, 5.41) is 10.9. The number of carbonyl (C=O) groups is 1. The molecule has 3 rings (SSSR count). The van der Waals surface area contributed by atoms with Gasteiger partial charge in [-0.05, 0) is 35.8 Å². The highest BCUT2D eigenvalue weighted by Gasteiger charge is 2.27. The van der Waals surface area contributed by atoms with Gasteiger partial charge in [0.15, 0.2) is 0 Å². The van der Waals surface area contributed by atoms with E-state index in [4.69, 9.17) is 0 Å². The molecule has 0 radical (unpaired) electrons. The van der Waals surface area contributed by atoms with Crippen LogP contribution in [-0.4, -0.2) is 62.1 Å². The van der Waals surface area contributed by atoms with E-state index >= 15 is 0 Å². The van der Waals surface area contributed by atoms with Gasteiger partial charge in [0.2, 0.25) is 5.91 Å². The Morgan fingerprint density at radius 2 is 2.00 bits per heavy atom. The molecule has 0 saturated carbocycles. The van der Waals surface area contributed by atoms with E-state index < -0.39 is 0 Å². The van der Waals surface area contributed by atoms with Gasteiger partial charge < -0.3 is 4.90 Å². The van der Waals surface area contributed by atoms with Crippen LogP contribution >= 0.6 is 0 Å². The van der Waals surface area contributed by atoms with Crippen molar-refractivity contribution in [1.82, 2.24) is 30.0 Å². The third-order valence-corrected chi connectivity index (χ3v) is 4.96. The predicted octanol–water partition coefficient (Wildman–Crippen LogP) is 1.36. The van der Waals surface area contributed by atoms with Crippen molar-refractivity contribution in [2.24, 2.45) is 0 Å². The zero-order chi connectivity index (χ0) is 16.9. The highest BCUT2D eigenvalue weighted by Crippen LogP contribution is 2.25. The molecular weight excluding hydrogens is 304 g/mol. The molecule has 1 fully saturated rings. The molecule has 1 aliphatic heterocycles. The molecular formula is C17H24N6O. The molecule has 7 heteroatoms. The first-order chi connectivity index (χ1) is 11.6. The number of tetrazole rings is 1. The maximum Gasteiger partial charge on any atom is 0.244 e. The topological polar surface area (TPSA) is 67.2 Å². The van der Waals surface area contributed by atoms with Gasteiger partial charge >= 0.3 is 0 Å². The second-order valence-corrected chi connectivity index (χ2v) is 6.37. The fourth-order valence-corrected chi connectivity index (χ4v) is 3.31. The lowest BCUT2D eigenvalue weighted by molar-refractivity contribution is -0.133. The van der Waals surface area contributed by atoms with Crippen molar-refractivity contribution in [1.29, 1.82) is 0 Å². The van der Waals surface area contributed by atoms with Gasteiger partial charge in [0, 0.05) is 32.2 Å². The Kier molecular flexibility index (Phi) is 5.20. The Morgan fingerprint density at radius 1 is 1.29 bits per heavy atom. The molecule has 7 nitrogen and oxygen atoms in total. The Labute approximate surface area is 142 Å². The Morgan fingerprint density at radius 3 is 2.62 bits per heavy atom. The van der Waals surface area contributed by atoms with E-state index in [1.54, 1.807) is 0 Å². The molecule has 1 aromatic heterocycles. The van der Waals surface area contributed by atoms with Gasteiger partial charge in [0.25, 0.3) is 0 Å². The number of hydrogen-bond donors (Lipinski definition) is 0. The van der Waals surface area contributed by atoms with Crippen molar-refractivity contribution < 1.29 is 4.79 Å². The van der Waals surface area contributed by atoms with Crippen molar-refractivity contribution in [3.05, 3.63) is 42.2 Å². The molecule has 24 heavy (non-hydrogen) atoms. The molecule has 0 aliphatic carbocycles. The summed E-state index contributed by atoms with van der Waals surface area (Å²) in [6.07, 6.45) is 3.46. The molecule has 0 spiro atoms. The van der Waals surface area contributed by atoms with Crippen LogP contribution in [0.15, 0.2) is 36.7 Å². The summed E-state index contributed by atoms with van der Waals surface area (Å²) in [4.78, 5) is 16.7. The van der Waals surface area contributed by atoms with E-state index in [0.29, 0.717) is 6.04 Å². The van der Waals surface area contributed by atoms with Gasteiger partial charge in [0.1, 0.15) is 12.9 Å². The zero-order valence-electron chi connectivity index (χ0n) is 14.2. The van der Waals surface area contributed by atoms with Crippen LogP contribution in [0.2, 0.25) is 0 Å². The Bertz CT molecular complexity index is 636. The summed E-state index contributed by atoms with van der Waals surface area (Å²) in [5.74, 6) is 0.0526. The van der Waals surface area contributed by atoms with E-state index in [1.165, 1.54) is 16.6 Å². The van der Waals surface area contributed by atoms with E-state index in [0.717, 1.165) is 25.9 Å². The highest BCUT2D eigenvalue weighted by atomic mass is 16.2. The number of piperidine rings is 1. The summed E-state index contributed by atoms with van der Waals surface area (Å²) >= 11 is 0. The van der Waals surface area contributed by atoms with Crippen LogP contribution < -0.4 is 0 Å². The molecule has 1 unspecified atom stereocenters. The molecule has 1 saturated heterocycles. The van der Waals surface area contributed by atoms with E-state index in [-0.39, 0.29) is 18.5 Å². The largest absolute Gasteiger partial charge is 0.341 e. The van der Waals surface area contributed by atoms with Gasteiger partial charge in [-0.15, -0.1) is 5.10 Å². The fraction of sp³-hybridized carbons (Fsp3) is 0.529. The lowest BCUT2D eigenvalue weighted by atomic mass is 9.99. The first-order valence-electron chi connectivity index (χ1n) is 8.40. The van der Waals surface area contributed by atoms with Crippen molar-refractivity contribution in [3.8, 4) is 0 Å². The Balaban J connectivity index is 1.52. The van der Waals surface area contributed by atoms with Gasteiger partial charge in [0.05, 0.1) is 0 Å². The number of benzene rings is 1. The van der Waals surface area contributed by atoms with Gasteiger partial charge in [-0.3, -0.25) is 9.69 Å². The monoisotopic (exact) mass is 328 g/mol. The minimum Gasteiger partial charge on any atom is -0.341 e. The average molecular weight is 328 g/mol. The molecule has 128 valence electrons. The van der Waals surface area contributed by atoms with Crippen LogP contribution in [0.25, 0.3) is 0 Å². The fourth-order valence-electron chi connectivity index (χ4n) is 3.31. The smallest absolute Gasteiger partial charge is 0.244 e. The minimum absolute atomic E-state index is 0.0526. The van der Waals surface area contributed by atoms with E-state index in [1.807, 2.05) is 18.0 Å². The van der Waals surface area contributed by atoms with E-state index in [9.17, 15) is 4.79 Å². The number of likely N-dealkylation sites (tertiary alicyclic amines) is 1. The second-order valence-electron chi connectivity index (χ2n) is 6.37. The van der Waals surface area contributed by atoms with Gasteiger partial charge in [-0.1, -0.05) is 30.3 Å². The summed E-state index contributed by atoms with van der Waals surface area (Å²) < 4.78 is 1.46. The number of amides is 1. The van der Waals surface area contributed by atoms with Crippen LogP contribution in [-0.2, 0) is 11.3 Å². The molecule has 0 N–H and O–H groups in total. The Hall–Kier alpha value is -2.28. The minimum atomic E-state index is 0.0526. The summed E-state index contributed by atoms with van der Waals surface area (Å²) in [5.41, 5.74) is 1.35. The number of rotatable bonds is 5. The third-order valence-electron chi connectivity index (χ3n) is 4.96. The standard InChI is InChI=1S/C17H24N6O/c1-14(15-6-4-3-5-7-15)22-10-8-16(9-11-22)21(2)17(24)12-23-13-18-19-20-23/h3-7,13-14,16H,8-12H2,1-2H3. The van der Waals surface area contributed by atoms with Crippen molar-refractivity contribution in [2.75, 3.05) is 20.1 Å². The lowest BCUT2D eigenvalue weighted by Crippen LogP contribution is -2.47. The zero-order valence-corrected chi connectivity index (χ0v) is 14.2. The van der Waals surface area contributed by atoms with Crippen molar-refractivity contribution in [3.63, 3.8) is 0 Å². The quantitative estimate of drug-likeness (QED) is 0.829. The molecule has 1 atom stereocenters. The first-order valence-corrected chi connectivity index (χ1v) is 8.40. The molecule has 1 amide bonds. The normalized spacial score (nSPS) is 17.6. The van der Waals surface area contributed by atoms with Crippen LogP contribution in [0.5, 0.6) is 0 Å². The number of nitrogens with zero attached hydrogens (tertiary/aromatic N) is 6. The maximum absolute atomic E-state index is 12.3. The third kappa shape index (κ3) is 3.79. The van der Waals surface area contributed by atoms with Crippen molar-refractivity contribution >= 4 is 5.91 Å². The predicted molar refractivity (Wildman–Crippen MR) is 90.0 cm³/mol. The maximum atomic E-state index is 12.3. The molecule has 1 aliphatic rings. The highest BCUT2D eigenvalue weighted by molar-refractivity contribution is 5.75. The van der Waals surface area contributed by atoms with Gasteiger partial charge in [-0.25, -0.2) is 4.68 Å². The summed E-state index contributed by atoms with van der Waals surface area (Å²) in [7, 11) is 1.88. The lowest BCUT2D eigenvalue weighted by Gasteiger charge is -2.39. The molecule has 1 aromatic carbocycles. The first kappa shape index (κ1) is 16.6. The number of aromatic nitrogens is 4. The molecule has 0 bridgehead atoms. The number of likely N-dealkylation sites (N-methyl/N-ethyl adjacent to an activating group) is 1. The number of carbonyl (C=O) groups excluding carboxylic acids is 1. The van der Waals surface area contributed by atoms with Crippen LogP contribution in [0.1, 0.15) is 31.4 Å². The average Bonchev–Trinajstić information content (AvgIpc) is 3.14. The van der Waals surface area contributed by atoms with Crippen LogP contribution in [0.3, 0.4) is 0 Å². The van der Waals surface area contributed by atoms with Gasteiger partial charge in [-0.2, -0.15) is 0 Å². The van der Waals surface area contributed by atoms with Crippen LogP contribution in [0, 0.1) is 0 Å². The van der Waals surface area contributed by atoms with E-state index in [2.05, 4.69) is 51.6 Å². The molecule has 2 aromatic rings.